The van der Waals surface area contributed by atoms with Crippen molar-refractivity contribution >= 4 is 5.91 Å². The molecule has 0 spiro atoms. The van der Waals surface area contributed by atoms with Crippen LogP contribution in [0.25, 0.3) is 0 Å². The van der Waals surface area contributed by atoms with E-state index in [1.807, 2.05) is 25.8 Å². The molecule has 1 aromatic carbocycles. The lowest BCUT2D eigenvalue weighted by Crippen LogP contribution is -2.46. The number of nitrogens with zero attached hydrogens (tertiary/aromatic N) is 2. The van der Waals surface area contributed by atoms with Crippen LogP contribution < -0.4 is 0 Å². The molecule has 0 aromatic heterocycles. The third-order valence-corrected chi connectivity index (χ3v) is 4.47. The Labute approximate surface area is 141 Å². The van der Waals surface area contributed by atoms with E-state index in [4.69, 9.17) is 0 Å². The fraction of sp³-hybridized carbons (Fsp3) is 0.611. The minimum atomic E-state index is -4.29. The summed E-state index contributed by atoms with van der Waals surface area (Å²) in [5, 5.41) is 0. The molecular weight excluding hydrogens is 317 g/mol. The summed E-state index contributed by atoms with van der Waals surface area (Å²) in [6.45, 7) is 6.23. The molecule has 0 bridgehead atoms. The number of halogens is 3. The van der Waals surface area contributed by atoms with Crippen molar-refractivity contribution in [1.82, 2.24) is 9.80 Å². The number of hydrogen-bond donors (Lipinski definition) is 0. The molecule has 0 saturated carbocycles. The van der Waals surface area contributed by atoms with Gasteiger partial charge in [0.15, 0.2) is 0 Å². The maximum atomic E-state index is 12.6. The van der Waals surface area contributed by atoms with Gasteiger partial charge in [-0.2, -0.15) is 13.2 Å². The topological polar surface area (TPSA) is 23.6 Å². The fourth-order valence-corrected chi connectivity index (χ4v) is 3.21. The van der Waals surface area contributed by atoms with Gasteiger partial charge in [0.2, 0.25) is 5.91 Å². The molecule has 1 aromatic rings. The van der Waals surface area contributed by atoms with Gasteiger partial charge in [0, 0.05) is 32.1 Å². The van der Waals surface area contributed by atoms with Crippen LogP contribution in [0.2, 0.25) is 0 Å². The molecule has 1 saturated heterocycles. The maximum absolute atomic E-state index is 12.6. The lowest BCUT2D eigenvalue weighted by Gasteiger charge is -2.37. The number of carbonyl (C=O) groups excluding carboxylic acids is 1. The number of piperidine rings is 1. The highest BCUT2D eigenvalue weighted by molar-refractivity contribution is 5.77. The van der Waals surface area contributed by atoms with E-state index in [0.717, 1.165) is 37.2 Å². The zero-order valence-corrected chi connectivity index (χ0v) is 14.4. The molecular formula is C18H25F3N2O. The molecule has 1 heterocycles. The van der Waals surface area contributed by atoms with E-state index < -0.39 is 11.7 Å². The van der Waals surface area contributed by atoms with Gasteiger partial charge in [-0.15, -0.1) is 0 Å². The quantitative estimate of drug-likeness (QED) is 0.813. The Balaban J connectivity index is 1.89. The summed E-state index contributed by atoms with van der Waals surface area (Å²) >= 11 is 0. The molecule has 1 aliphatic heterocycles. The van der Waals surface area contributed by atoms with Crippen molar-refractivity contribution in [2.75, 3.05) is 20.1 Å². The average Bonchev–Trinajstić information content (AvgIpc) is 2.48. The summed E-state index contributed by atoms with van der Waals surface area (Å²) in [7, 11) is 1.97. The second-order valence-corrected chi connectivity index (χ2v) is 6.94. The summed E-state index contributed by atoms with van der Waals surface area (Å²) in [5.74, 6) is 0.621. The molecule has 1 unspecified atom stereocenters. The summed E-state index contributed by atoms with van der Waals surface area (Å²) < 4.78 is 37.7. The van der Waals surface area contributed by atoms with E-state index in [9.17, 15) is 18.0 Å². The Morgan fingerprint density at radius 2 is 1.88 bits per heavy atom. The van der Waals surface area contributed by atoms with E-state index in [-0.39, 0.29) is 11.9 Å². The van der Waals surface area contributed by atoms with E-state index in [1.54, 1.807) is 0 Å². The molecule has 6 heteroatoms. The van der Waals surface area contributed by atoms with Crippen molar-refractivity contribution in [3.8, 4) is 0 Å². The van der Waals surface area contributed by atoms with Crippen LogP contribution >= 0.6 is 0 Å². The first-order chi connectivity index (χ1) is 11.2. The van der Waals surface area contributed by atoms with Crippen molar-refractivity contribution < 1.29 is 18.0 Å². The Hall–Kier alpha value is -1.56. The van der Waals surface area contributed by atoms with Crippen molar-refractivity contribution in [2.24, 2.45) is 5.92 Å². The first-order valence-electron chi connectivity index (χ1n) is 8.31. The third-order valence-electron chi connectivity index (χ3n) is 4.47. The van der Waals surface area contributed by atoms with Crippen LogP contribution in [-0.2, 0) is 17.5 Å². The highest BCUT2D eigenvalue weighted by atomic mass is 19.4. The highest BCUT2D eigenvalue weighted by Gasteiger charge is 2.30. The van der Waals surface area contributed by atoms with Gasteiger partial charge in [-0.25, -0.2) is 0 Å². The second kappa shape index (κ2) is 7.55. The lowest BCUT2D eigenvalue weighted by atomic mass is 9.96. The molecule has 134 valence electrons. The van der Waals surface area contributed by atoms with Gasteiger partial charge in [0.05, 0.1) is 5.56 Å². The number of benzene rings is 1. The van der Waals surface area contributed by atoms with Crippen LogP contribution in [0.4, 0.5) is 13.2 Å². The molecule has 1 fully saturated rings. The predicted molar refractivity (Wildman–Crippen MR) is 87.4 cm³/mol. The van der Waals surface area contributed by atoms with Gasteiger partial charge in [-0.3, -0.25) is 4.79 Å². The third kappa shape index (κ3) is 4.97. The molecule has 0 N–H and O–H groups in total. The van der Waals surface area contributed by atoms with Crippen LogP contribution in [-0.4, -0.2) is 41.9 Å². The van der Waals surface area contributed by atoms with Crippen molar-refractivity contribution in [1.29, 1.82) is 0 Å². The highest BCUT2D eigenvalue weighted by Crippen LogP contribution is 2.29. The minimum Gasteiger partial charge on any atom is -0.340 e. The molecule has 1 aliphatic rings. The molecule has 1 amide bonds. The van der Waals surface area contributed by atoms with Crippen molar-refractivity contribution in [3.05, 3.63) is 35.4 Å². The largest absolute Gasteiger partial charge is 0.416 e. The number of likely N-dealkylation sites (tertiary alicyclic amines) is 1. The zero-order valence-electron chi connectivity index (χ0n) is 14.4. The van der Waals surface area contributed by atoms with Gasteiger partial charge in [0.25, 0.3) is 0 Å². The van der Waals surface area contributed by atoms with Crippen LogP contribution in [0.15, 0.2) is 24.3 Å². The molecule has 1 atom stereocenters. The minimum absolute atomic E-state index is 0.209. The van der Waals surface area contributed by atoms with Crippen LogP contribution in [0.3, 0.4) is 0 Å². The summed E-state index contributed by atoms with van der Waals surface area (Å²) in [4.78, 5) is 15.9. The van der Waals surface area contributed by atoms with E-state index in [2.05, 4.69) is 4.90 Å². The number of amides is 1. The van der Waals surface area contributed by atoms with Gasteiger partial charge < -0.3 is 9.80 Å². The van der Waals surface area contributed by atoms with E-state index >= 15 is 0 Å². The van der Waals surface area contributed by atoms with E-state index in [0.29, 0.717) is 18.9 Å². The van der Waals surface area contributed by atoms with Gasteiger partial charge in [-0.05, 0) is 50.9 Å². The summed E-state index contributed by atoms with van der Waals surface area (Å²) in [6, 6.07) is 5.53. The van der Waals surface area contributed by atoms with Gasteiger partial charge >= 0.3 is 6.18 Å². The maximum Gasteiger partial charge on any atom is 0.416 e. The standard InChI is InChI=1S/C18H25F3N2O/c1-13(2)23-12-15(6-9-17(23)24)11-22(3)10-14-4-7-16(8-5-14)18(19,20)21/h4-5,7-8,13,15H,6,9-12H2,1-3H3. The fourth-order valence-electron chi connectivity index (χ4n) is 3.21. The number of carbonyl (C=O) groups is 1. The van der Waals surface area contributed by atoms with Gasteiger partial charge in [-0.1, -0.05) is 12.1 Å². The average molecular weight is 342 g/mol. The number of hydrogen-bond acceptors (Lipinski definition) is 2. The van der Waals surface area contributed by atoms with Crippen molar-refractivity contribution in [3.63, 3.8) is 0 Å². The van der Waals surface area contributed by atoms with Crippen molar-refractivity contribution in [2.45, 2.75) is 45.5 Å². The molecule has 0 radical (unpaired) electrons. The predicted octanol–water partition coefficient (Wildman–Crippen LogP) is 3.78. The SMILES string of the molecule is CC(C)N1CC(CN(C)Cc2ccc(C(F)(F)F)cc2)CCC1=O. The molecule has 2 rings (SSSR count). The van der Waals surface area contributed by atoms with Crippen LogP contribution in [0.1, 0.15) is 37.8 Å². The number of alkyl halides is 3. The normalized spacial score (nSPS) is 19.4. The Morgan fingerprint density at radius 3 is 2.42 bits per heavy atom. The van der Waals surface area contributed by atoms with Crippen LogP contribution in [0, 0.1) is 5.92 Å². The second-order valence-electron chi connectivity index (χ2n) is 6.94. The summed E-state index contributed by atoms with van der Waals surface area (Å²) in [6.07, 6.45) is -2.84. The van der Waals surface area contributed by atoms with Crippen LogP contribution in [0.5, 0.6) is 0 Å². The number of rotatable bonds is 5. The Morgan fingerprint density at radius 1 is 1.25 bits per heavy atom. The first kappa shape index (κ1) is 18.8. The molecule has 0 aliphatic carbocycles. The first-order valence-corrected chi connectivity index (χ1v) is 8.31. The zero-order chi connectivity index (χ0) is 17.9. The molecule has 3 nitrogen and oxygen atoms in total. The molecule has 24 heavy (non-hydrogen) atoms. The Kier molecular flexibility index (Phi) is 5.91. The summed E-state index contributed by atoms with van der Waals surface area (Å²) in [5.41, 5.74) is 0.241. The van der Waals surface area contributed by atoms with Gasteiger partial charge in [0.1, 0.15) is 0 Å². The monoisotopic (exact) mass is 342 g/mol. The lowest BCUT2D eigenvalue weighted by molar-refractivity contribution is -0.138. The smallest absolute Gasteiger partial charge is 0.340 e. The Bertz CT molecular complexity index is 554. The van der Waals surface area contributed by atoms with E-state index in [1.165, 1.54) is 12.1 Å².